The molecule has 0 aromatic heterocycles. The molecule has 2 N–H and O–H groups in total. The Hall–Kier alpha value is -0.540. The quantitative estimate of drug-likeness (QED) is 0.794. The molecular weight excluding hydrogens is 266 g/mol. The molecule has 0 bridgehead atoms. The Kier molecular flexibility index (Phi) is 2.48. The first-order valence-electron chi connectivity index (χ1n) is 5.90. The maximum absolute atomic E-state index is 6.18. The molecule has 0 amide bonds. The lowest BCUT2D eigenvalue weighted by atomic mass is 9.80. The Morgan fingerprint density at radius 3 is 2.81 bits per heavy atom. The van der Waals surface area contributed by atoms with E-state index in [0.29, 0.717) is 6.04 Å². The van der Waals surface area contributed by atoms with Gasteiger partial charge >= 0.3 is 0 Å². The van der Waals surface area contributed by atoms with Crippen molar-refractivity contribution in [2.45, 2.75) is 43.7 Å². The van der Waals surface area contributed by atoms with Gasteiger partial charge in [-0.3, -0.25) is 0 Å². The number of hydrogen-bond acceptors (Lipinski definition) is 2. The summed E-state index contributed by atoms with van der Waals surface area (Å²) in [7, 11) is 0. The van der Waals surface area contributed by atoms with Crippen LogP contribution >= 0.6 is 15.9 Å². The summed E-state index contributed by atoms with van der Waals surface area (Å²) in [5.74, 6) is 1.06. The van der Waals surface area contributed by atoms with E-state index in [9.17, 15) is 0 Å². The lowest BCUT2D eigenvalue weighted by molar-refractivity contribution is 0.0474. The third-order valence-electron chi connectivity index (χ3n) is 3.81. The van der Waals surface area contributed by atoms with Crippen molar-refractivity contribution in [1.29, 1.82) is 0 Å². The van der Waals surface area contributed by atoms with Gasteiger partial charge in [0.1, 0.15) is 11.4 Å². The number of nitrogens with two attached hydrogens (primary N) is 1. The first kappa shape index (κ1) is 10.6. The first-order chi connectivity index (χ1) is 7.67. The van der Waals surface area contributed by atoms with Crippen LogP contribution in [0.5, 0.6) is 5.75 Å². The van der Waals surface area contributed by atoms with Crippen LogP contribution in [0.1, 0.15) is 31.2 Å². The van der Waals surface area contributed by atoms with Crippen molar-refractivity contribution in [3.63, 3.8) is 0 Å². The average Bonchev–Trinajstić information content (AvgIpc) is 2.60. The van der Waals surface area contributed by atoms with Gasteiger partial charge in [-0.05, 0) is 43.4 Å². The summed E-state index contributed by atoms with van der Waals surface area (Å²) in [6.45, 7) is 0. The van der Waals surface area contributed by atoms with Crippen molar-refractivity contribution in [3.8, 4) is 5.75 Å². The molecule has 0 unspecified atom stereocenters. The molecule has 1 aliphatic carbocycles. The summed E-state index contributed by atoms with van der Waals surface area (Å²) in [4.78, 5) is 0. The van der Waals surface area contributed by atoms with Crippen molar-refractivity contribution < 1.29 is 4.74 Å². The van der Waals surface area contributed by atoms with E-state index in [2.05, 4.69) is 34.1 Å². The maximum atomic E-state index is 6.18. The summed E-state index contributed by atoms with van der Waals surface area (Å²) in [6.07, 6.45) is 5.44. The summed E-state index contributed by atoms with van der Waals surface area (Å²) < 4.78 is 7.27. The van der Waals surface area contributed by atoms with Crippen molar-refractivity contribution in [1.82, 2.24) is 0 Å². The monoisotopic (exact) mass is 281 g/mol. The van der Waals surface area contributed by atoms with Gasteiger partial charge in [0.15, 0.2) is 0 Å². The fourth-order valence-corrected chi connectivity index (χ4v) is 3.17. The molecule has 2 aliphatic rings. The lowest BCUT2D eigenvalue weighted by Gasteiger charge is -2.35. The molecule has 3 rings (SSSR count). The fourth-order valence-electron chi connectivity index (χ4n) is 2.83. The van der Waals surface area contributed by atoms with Gasteiger partial charge in [0, 0.05) is 16.9 Å². The summed E-state index contributed by atoms with van der Waals surface area (Å²) in [6, 6.07) is 6.72. The van der Waals surface area contributed by atoms with E-state index >= 15 is 0 Å². The van der Waals surface area contributed by atoms with Crippen LogP contribution in [0.4, 0.5) is 0 Å². The number of hydrogen-bond donors (Lipinski definition) is 1. The molecule has 1 saturated carbocycles. The lowest BCUT2D eigenvalue weighted by Crippen LogP contribution is -2.42. The van der Waals surface area contributed by atoms with Crippen LogP contribution in [-0.4, -0.2) is 11.6 Å². The molecule has 0 atom stereocenters. The molecule has 86 valence electrons. The second kappa shape index (κ2) is 3.74. The number of ether oxygens (including phenoxy) is 1. The Balaban J connectivity index is 1.84. The molecule has 0 saturated heterocycles. The molecular formula is C13H16BrNO. The average molecular weight is 282 g/mol. The van der Waals surface area contributed by atoms with Crippen LogP contribution in [0, 0.1) is 0 Å². The Bertz CT molecular complexity index is 410. The van der Waals surface area contributed by atoms with Crippen LogP contribution in [0.3, 0.4) is 0 Å². The minimum absolute atomic E-state index is 0.0546. The van der Waals surface area contributed by atoms with E-state index in [1.54, 1.807) is 0 Å². The van der Waals surface area contributed by atoms with Gasteiger partial charge in [-0.15, -0.1) is 0 Å². The highest BCUT2D eigenvalue weighted by atomic mass is 79.9. The zero-order chi connectivity index (χ0) is 11.2. The van der Waals surface area contributed by atoms with Gasteiger partial charge in [0.25, 0.3) is 0 Å². The van der Waals surface area contributed by atoms with E-state index < -0.39 is 0 Å². The summed E-state index contributed by atoms with van der Waals surface area (Å²) in [5, 5.41) is 0. The van der Waals surface area contributed by atoms with Crippen molar-refractivity contribution in [3.05, 3.63) is 28.2 Å². The van der Waals surface area contributed by atoms with E-state index in [1.165, 1.54) is 5.56 Å². The Morgan fingerprint density at radius 1 is 1.31 bits per heavy atom. The highest BCUT2D eigenvalue weighted by Crippen LogP contribution is 2.43. The number of halogens is 1. The largest absolute Gasteiger partial charge is 0.487 e. The highest BCUT2D eigenvalue weighted by Gasteiger charge is 2.41. The van der Waals surface area contributed by atoms with E-state index in [4.69, 9.17) is 10.5 Å². The minimum Gasteiger partial charge on any atom is -0.487 e. The third kappa shape index (κ3) is 1.76. The first-order valence-corrected chi connectivity index (χ1v) is 6.69. The van der Waals surface area contributed by atoms with Crippen molar-refractivity contribution in [2.75, 3.05) is 0 Å². The van der Waals surface area contributed by atoms with Gasteiger partial charge in [-0.2, -0.15) is 0 Å². The van der Waals surface area contributed by atoms with Crippen LogP contribution in [0.2, 0.25) is 0 Å². The molecule has 1 heterocycles. The van der Waals surface area contributed by atoms with Crippen LogP contribution in [0.15, 0.2) is 22.7 Å². The topological polar surface area (TPSA) is 35.2 Å². The molecule has 1 spiro atoms. The maximum Gasteiger partial charge on any atom is 0.124 e. The standard InChI is InChI=1S/C13H16BrNO/c14-10-2-1-9-8-13(16-12(9)7-10)5-3-11(15)4-6-13/h1-2,7,11H,3-6,8,15H2. The third-order valence-corrected chi connectivity index (χ3v) is 4.30. The molecule has 0 radical (unpaired) electrons. The summed E-state index contributed by atoms with van der Waals surface area (Å²) in [5.41, 5.74) is 7.35. The second-order valence-corrected chi connectivity index (χ2v) is 5.97. The molecule has 16 heavy (non-hydrogen) atoms. The molecule has 1 aliphatic heterocycles. The van der Waals surface area contributed by atoms with Crippen LogP contribution in [-0.2, 0) is 6.42 Å². The SMILES string of the molecule is NC1CCC2(CC1)Cc1ccc(Br)cc1O2. The molecule has 1 aromatic rings. The number of rotatable bonds is 0. The summed E-state index contributed by atoms with van der Waals surface area (Å²) >= 11 is 3.49. The number of benzene rings is 1. The Morgan fingerprint density at radius 2 is 2.06 bits per heavy atom. The van der Waals surface area contributed by atoms with Crippen LogP contribution < -0.4 is 10.5 Å². The van der Waals surface area contributed by atoms with Gasteiger partial charge in [-0.25, -0.2) is 0 Å². The van der Waals surface area contributed by atoms with Crippen molar-refractivity contribution in [2.24, 2.45) is 5.73 Å². The van der Waals surface area contributed by atoms with Gasteiger partial charge in [0.05, 0.1) is 0 Å². The Labute approximate surface area is 104 Å². The fraction of sp³-hybridized carbons (Fsp3) is 0.538. The van der Waals surface area contributed by atoms with Crippen LogP contribution in [0.25, 0.3) is 0 Å². The smallest absolute Gasteiger partial charge is 0.124 e. The predicted molar refractivity (Wildman–Crippen MR) is 67.6 cm³/mol. The molecule has 1 fully saturated rings. The van der Waals surface area contributed by atoms with Gasteiger partial charge < -0.3 is 10.5 Å². The predicted octanol–water partition coefficient (Wildman–Crippen LogP) is 3.02. The zero-order valence-electron chi connectivity index (χ0n) is 9.21. The van der Waals surface area contributed by atoms with Gasteiger partial charge in [-0.1, -0.05) is 22.0 Å². The number of fused-ring (bicyclic) bond motifs is 1. The minimum atomic E-state index is 0.0546. The highest BCUT2D eigenvalue weighted by molar-refractivity contribution is 9.10. The van der Waals surface area contributed by atoms with Gasteiger partial charge in [0.2, 0.25) is 0 Å². The molecule has 1 aromatic carbocycles. The zero-order valence-corrected chi connectivity index (χ0v) is 10.8. The normalized spacial score (nSPS) is 32.5. The van der Waals surface area contributed by atoms with E-state index in [-0.39, 0.29) is 5.60 Å². The second-order valence-electron chi connectivity index (χ2n) is 5.05. The van der Waals surface area contributed by atoms with E-state index in [0.717, 1.165) is 42.3 Å². The molecule has 2 nitrogen and oxygen atoms in total. The van der Waals surface area contributed by atoms with E-state index in [1.807, 2.05) is 0 Å². The van der Waals surface area contributed by atoms with Crippen molar-refractivity contribution >= 4 is 15.9 Å². The molecule has 3 heteroatoms.